The number of azo groups is 2. The van der Waals surface area contributed by atoms with E-state index in [1.54, 1.807) is 36.4 Å². The SMILES string of the molecule is COc1cc(-c2ccc(N=Nc3c(S(=O)(=O)O)cc4cc(N)ccc4c3O)c(OC)c2)ccc1N=Nc1ccc2c(S(=O)(=O)O)cccc2c1O. The number of nitrogens with zero attached hydrogens (tertiary/aromatic N) is 4. The number of phenols is 2. The van der Waals surface area contributed by atoms with E-state index in [0.717, 1.165) is 6.07 Å². The molecule has 6 aromatic carbocycles. The first-order chi connectivity index (χ1) is 24.2. The fourth-order valence-corrected chi connectivity index (χ4v) is 6.73. The zero-order valence-electron chi connectivity index (χ0n) is 26.6. The third-order valence-corrected chi connectivity index (χ3v) is 9.60. The second-order valence-electron chi connectivity index (χ2n) is 11.0. The Morgan fingerprint density at radius 1 is 0.569 bits per heavy atom. The van der Waals surface area contributed by atoms with Crippen LogP contribution < -0.4 is 15.2 Å². The average Bonchev–Trinajstić information content (AvgIpc) is 3.09. The van der Waals surface area contributed by atoms with Crippen LogP contribution in [0.4, 0.5) is 28.4 Å². The highest BCUT2D eigenvalue weighted by Gasteiger charge is 2.23. The van der Waals surface area contributed by atoms with Crippen LogP contribution in [0.25, 0.3) is 32.7 Å². The van der Waals surface area contributed by atoms with Gasteiger partial charge in [-0.15, -0.1) is 20.5 Å². The third kappa shape index (κ3) is 6.86. The van der Waals surface area contributed by atoms with Crippen LogP contribution in [-0.2, 0) is 20.2 Å². The number of nitrogens with two attached hydrogens (primary N) is 1. The predicted molar refractivity (Wildman–Crippen MR) is 189 cm³/mol. The van der Waals surface area contributed by atoms with Crippen molar-refractivity contribution in [2.24, 2.45) is 20.5 Å². The van der Waals surface area contributed by atoms with Crippen molar-refractivity contribution >= 4 is 70.2 Å². The van der Waals surface area contributed by atoms with Gasteiger partial charge in [0.2, 0.25) is 0 Å². The van der Waals surface area contributed by atoms with Gasteiger partial charge in [0.1, 0.15) is 44.0 Å². The largest absolute Gasteiger partial charge is 0.505 e. The second-order valence-corrected chi connectivity index (χ2v) is 13.7. The van der Waals surface area contributed by atoms with E-state index in [-0.39, 0.29) is 49.3 Å². The van der Waals surface area contributed by atoms with Gasteiger partial charge in [0.05, 0.1) is 14.2 Å². The summed E-state index contributed by atoms with van der Waals surface area (Å²) in [5.74, 6) is -0.300. The fraction of sp³-hybridized carbons (Fsp3) is 0.0588. The molecule has 0 unspecified atom stereocenters. The van der Waals surface area contributed by atoms with Crippen molar-refractivity contribution in [3.8, 4) is 34.1 Å². The molecule has 0 aliphatic heterocycles. The van der Waals surface area contributed by atoms with Crippen LogP contribution in [0, 0.1) is 0 Å². The van der Waals surface area contributed by atoms with Gasteiger partial charge in [0.15, 0.2) is 11.5 Å². The number of rotatable bonds is 9. The molecule has 0 amide bonds. The summed E-state index contributed by atoms with van der Waals surface area (Å²) in [6.45, 7) is 0. The van der Waals surface area contributed by atoms with Crippen LogP contribution in [0.15, 0.2) is 121 Å². The van der Waals surface area contributed by atoms with Gasteiger partial charge in [0.25, 0.3) is 20.2 Å². The van der Waals surface area contributed by atoms with E-state index < -0.39 is 36.6 Å². The van der Waals surface area contributed by atoms with E-state index in [0.29, 0.717) is 28.3 Å². The minimum atomic E-state index is -4.82. The zero-order valence-corrected chi connectivity index (χ0v) is 28.2. The Kier molecular flexibility index (Phi) is 9.05. The smallest absolute Gasteiger partial charge is 0.296 e. The van der Waals surface area contributed by atoms with Gasteiger partial charge in [-0.05, 0) is 77.2 Å². The molecule has 0 bridgehead atoms. The van der Waals surface area contributed by atoms with Gasteiger partial charge in [-0.25, -0.2) is 0 Å². The molecular formula is C34H27N5O10S2. The molecule has 0 atom stereocenters. The number of anilines is 1. The maximum absolute atomic E-state index is 12.2. The van der Waals surface area contributed by atoms with Crippen molar-refractivity contribution in [1.29, 1.82) is 0 Å². The molecular weight excluding hydrogens is 703 g/mol. The first-order valence-electron chi connectivity index (χ1n) is 14.6. The quantitative estimate of drug-likeness (QED) is 0.0542. The Balaban J connectivity index is 1.31. The third-order valence-electron chi connectivity index (χ3n) is 7.82. The number of methoxy groups -OCH3 is 2. The number of fused-ring (bicyclic) bond motifs is 2. The molecule has 6 rings (SSSR count). The molecule has 0 radical (unpaired) electrons. The molecule has 15 nitrogen and oxygen atoms in total. The van der Waals surface area contributed by atoms with E-state index in [4.69, 9.17) is 15.2 Å². The van der Waals surface area contributed by atoms with Crippen LogP contribution in [0.5, 0.6) is 23.0 Å². The molecule has 0 spiro atoms. The van der Waals surface area contributed by atoms with Crippen molar-refractivity contribution in [2.75, 3.05) is 20.0 Å². The number of phenolic OH excluding ortho intramolecular Hbond substituents is 2. The molecule has 0 heterocycles. The van der Waals surface area contributed by atoms with Crippen LogP contribution >= 0.6 is 0 Å². The number of hydrogen-bond donors (Lipinski definition) is 5. The summed E-state index contributed by atoms with van der Waals surface area (Å²) in [5, 5.41) is 38.9. The van der Waals surface area contributed by atoms with Crippen LogP contribution in [0.3, 0.4) is 0 Å². The van der Waals surface area contributed by atoms with Crippen molar-refractivity contribution in [1.82, 2.24) is 0 Å². The molecule has 17 heteroatoms. The molecule has 0 saturated carbocycles. The highest BCUT2D eigenvalue weighted by Crippen LogP contribution is 2.44. The predicted octanol–water partition coefficient (Wildman–Crippen LogP) is 7.99. The zero-order chi connectivity index (χ0) is 36.7. The number of aromatic hydroxyl groups is 2. The molecule has 51 heavy (non-hydrogen) atoms. The number of ether oxygens (including phenoxy) is 2. The minimum absolute atomic E-state index is 0.0426. The first kappa shape index (κ1) is 34.7. The Morgan fingerprint density at radius 2 is 1.12 bits per heavy atom. The van der Waals surface area contributed by atoms with Gasteiger partial charge >= 0.3 is 0 Å². The number of hydrogen-bond acceptors (Lipinski definition) is 13. The lowest BCUT2D eigenvalue weighted by atomic mass is 10.0. The van der Waals surface area contributed by atoms with E-state index in [1.165, 1.54) is 62.8 Å². The maximum atomic E-state index is 12.2. The summed E-state index contributed by atoms with van der Waals surface area (Å²) in [7, 11) is -6.52. The summed E-state index contributed by atoms with van der Waals surface area (Å²) < 4.78 is 78.3. The lowest BCUT2D eigenvalue weighted by Gasteiger charge is -2.11. The summed E-state index contributed by atoms with van der Waals surface area (Å²) >= 11 is 0. The van der Waals surface area contributed by atoms with E-state index in [9.17, 15) is 36.2 Å². The highest BCUT2D eigenvalue weighted by molar-refractivity contribution is 7.86. The van der Waals surface area contributed by atoms with Gasteiger partial charge in [0, 0.05) is 21.8 Å². The molecule has 260 valence electrons. The molecule has 0 aromatic heterocycles. The van der Waals surface area contributed by atoms with E-state index in [1.807, 2.05) is 0 Å². The monoisotopic (exact) mass is 729 g/mol. The van der Waals surface area contributed by atoms with Crippen LogP contribution in [0.1, 0.15) is 0 Å². The van der Waals surface area contributed by atoms with Crippen molar-refractivity contribution < 1.29 is 45.6 Å². The summed E-state index contributed by atoms with van der Waals surface area (Å²) in [4.78, 5) is -1.02. The Bertz CT molecular complexity index is 2660. The lowest BCUT2D eigenvalue weighted by Crippen LogP contribution is -1.99. The van der Waals surface area contributed by atoms with Gasteiger partial charge < -0.3 is 25.4 Å². The maximum Gasteiger partial charge on any atom is 0.296 e. The van der Waals surface area contributed by atoms with Crippen LogP contribution in [0.2, 0.25) is 0 Å². The van der Waals surface area contributed by atoms with Crippen molar-refractivity contribution in [3.05, 3.63) is 91.0 Å². The topological polar surface area (TPSA) is 243 Å². The summed E-state index contributed by atoms with van der Waals surface area (Å²) in [5.41, 5.74) is 7.48. The number of nitrogen functional groups attached to an aromatic ring is 1. The van der Waals surface area contributed by atoms with Gasteiger partial charge in [-0.2, -0.15) is 16.8 Å². The average molecular weight is 730 g/mol. The molecule has 0 saturated heterocycles. The molecule has 0 fully saturated rings. The second kappa shape index (κ2) is 13.3. The van der Waals surface area contributed by atoms with Crippen molar-refractivity contribution in [2.45, 2.75) is 9.79 Å². The Hall–Kier alpha value is -6.14. The minimum Gasteiger partial charge on any atom is -0.505 e. The normalized spacial score (nSPS) is 12.3. The van der Waals surface area contributed by atoms with E-state index >= 15 is 0 Å². The van der Waals surface area contributed by atoms with E-state index in [2.05, 4.69) is 20.5 Å². The van der Waals surface area contributed by atoms with Crippen molar-refractivity contribution in [3.63, 3.8) is 0 Å². The van der Waals surface area contributed by atoms with Gasteiger partial charge in [-0.1, -0.05) is 30.3 Å². The standard InChI is InChI=1S/C34H27N5O10S2/c1-48-28-15-18(6-11-25(28)36-38-27-13-10-23-24(33(27)40)4-3-5-30(23)50(42,43)44)19-7-12-26(29(16-19)49-2)37-39-32-31(51(45,46)47)17-20-14-21(35)8-9-22(20)34(32)41/h3-17,40-41H,35H2,1-2H3,(H,42,43,44)(H,45,46,47). The summed E-state index contributed by atoms with van der Waals surface area (Å²) in [6, 6.07) is 22.3. The molecule has 6 N–H and O–H groups in total. The van der Waals surface area contributed by atoms with Crippen LogP contribution in [-0.4, -0.2) is 50.4 Å². The highest BCUT2D eigenvalue weighted by atomic mass is 32.2. The van der Waals surface area contributed by atoms with Gasteiger partial charge in [-0.3, -0.25) is 9.11 Å². The fourth-order valence-electron chi connectivity index (χ4n) is 5.36. The first-order valence-corrected chi connectivity index (χ1v) is 17.5. The Labute approximate surface area is 290 Å². The molecule has 0 aliphatic carbocycles. The lowest BCUT2D eigenvalue weighted by molar-refractivity contribution is 0.415. The summed E-state index contributed by atoms with van der Waals surface area (Å²) in [6.07, 6.45) is 0. The Morgan fingerprint density at radius 3 is 1.71 bits per heavy atom. The molecule has 0 aliphatic rings. The molecule has 6 aromatic rings. The number of benzene rings is 6.